The summed E-state index contributed by atoms with van der Waals surface area (Å²) in [7, 11) is 0. The van der Waals surface area contributed by atoms with E-state index in [0.717, 1.165) is 0 Å². The van der Waals surface area contributed by atoms with Crippen LogP contribution in [-0.2, 0) is 9.63 Å². The monoisotopic (exact) mass is 195 g/mol. The van der Waals surface area contributed by atoms with Crippen molar-refractivity contribution in [2.24, 2.45) is 0 Å². The maximum Gasteiger partial charge on any atom is 0.294 e. The van der Waals surface area contributed by atoms with Gasteiger partial charge in [0.05, 0.1) is 0 Å². The first-order valence-corrected chi connectivity index (χ1v) is 3.25. The lowest BCUT2D eigenvalue weighted by molar-refractivity contribution is -0.759. The van der Waals surface area contributed by atoms with Crippen molar-refractivity contribution < 1.29 is 30.0 Å². The molecule has 13 heavy (non-hydrogen) atoms. The number of aldehydes is 1. The number of aliphatic hydroxyl groups excluding tert-OH is 3. The third-order valence-electron chi connectivity index (χ3n) is 1.23. The summed E-state index contributed by atoms with van der Waals surface area (Å²) in [6, 6.07) is 0. The Labute approximate surface area is 72.5 Å². The number of nitrogens with zero attached hydrogens (tertiary/aromatic N) is 1. The standard InChI is InChI=1S/C5H9NO7/c7-1-3(8)5(10)4(9)2-13-6(11)12/h1,3-5,8-10H,2H2/t3-,4-,5+/m0/s1. The lowest BCUT2D eigenvalue weighted by Crippen LogP contribution is -2.41. The van der Waals surface area contributed by atoms with Crippen LogP contribution < -0.4 is 0 Å². The average Bonchev–Trinajstić information content (AvgIpc) is 2.11. The van der Waals surface area contributed by atoms with E-state index in [1.54, 1.807) is 0 Å². The molecule has 0 fully saturated rings. The molecule has 0 aromatic carbocycles. The molecule has 3 atom stereocenters. The van der Waals surface area contributed by atoms with E-state index in [9.17, 15) is 14.9 Å². The zero-order valence-electron chi connectivity index (χ0n) is 6.44. The van der Waals surface area contributed by atoms with Crippen molar-refractivity contribution in [3.05, 3.63) is 10.1 Å². The van der Waals surface area contributed by atoms with Gasteiger partial charge in [0.15, 0.2) is 6.29 Å². The summed E-state index contributed by atoms with van der Waals surface area (Å²) < 4.78 is 0. The predicted molar refractivity (Wildman–Crippen MR) is 37.0 cm³/mol. The van der Waals surface area contributed by atoms with Crippen molar-refractivity contribution in [1.29, 1.82) is 0 Å². The Morgan fingerprint density at radius 3 is 2.38 bits per heavy atom. The van der Waals surface area contributed by atoms with E-state index in [1.165, 1.54) is 0 Å². The fraction of sp³-hybridized carbons (Fsp3) is 0.800. The summed E-state index contributed by atoms with van der Waals surface area (Å²) in [4.78, 5) is 23.2. The van der Waals surface area contributed by atoms with Gasteiger partial charge in [-0.05, 0) is 0 Å². The van der Waals surface area contributed by atoms with Crippen molar-refractivity contribution in [3.63, 3.8) is 0 Å². The minimum absolute atomic E-state index is 0.0000463. The van der Waals surface area contributed by atoms with Gasteiger partial charge in [-0.1, -0.05) is 0 Å². The number of carbonyl (C=O) groups excluding carboxylic acids is 1. The zero-order chi connectivity index (χ0) is 10.4. The van der Waals surface area contributed by atoms with Gasteiger partial charge in [0.1, 0.15) is 24.9 Å². The molecule has 0 rings (SSSR count). The smallest absolute Gasteiger partial charge is 0.294 e. The Kier molecular flexibility index (Phi) is 4.89. The Bertz CT molecular complexity index is 184. The topological polar surface area (TPSA) is 130 Å². The van der Waals surface area contributed by atoms with Crippen LogP contribution in [0.2, 0.25) is 0 Å². The number of rotatable bonds is 6. The van der Waals surface area contributed by atoms with Gasteiger partial charge in [-0.3, -0.25) is 0 Å². The van der Waals surface area contributed by atoms with Crippen molar-refractivity contribution in [3.8, 4) is 0 Å². The van der Waals surface area contributed by atoms with Gasteiger partial charge in [-0.2, -0.15) is 0 Å². The van der Waals surface area contributed by atoms with E-state index in [-0.39, 0.29) is 6.29 Å². The van der Waals surface area contributed by atoms with Crippen LogP contribution in [0.1, 0.15) is 0 Å². The van der Waals surface area contributed by atoms with E-state index in [1.807, 2.05) is 0 Å². The van der Waals surface area contributed by atoms with E-state index in [0.29, 0.717) is 0 Å². The summed E-state index contributed by atoms with van der Waals surface area (Å²) in [6.07, 6.45) is -5.27. The largest absolute Gasteiger partial charge is 0.388 e. The van der Waals surface area contributed by atoms with Crippen LogP contribution in [0.5, 0.6) is 0 Å². The van der Waals surface area contributed by atoms with Gasteiger partial charge >= 0.3 is 0 Å². The minimum atomic E-state index is -1.79. The molecular weight excluding hydrogens is 186 g/mol. The second kappa shape index (κ2) is 5.41. The fourth-order valence-electron chi connectivity index (χ4n) is 0.544. The molecule has 0 saturated heterocycles. The van der Waals surface area contributed by atoms with Gasteiger partial charge < -0.3 is 25.0 Å². The van der Waals surface area contributed by atoms with Gasteiger partial charge in [-0.25, -0.2) is 0 Å². The second-order valence-corrected chi connectivity index (χ2v) is 2.20. The molecular formula is C5H9NO7. The molecule has 0 bridgehead atoms. The van der Waals surface area contributed by atoms with Gasteiger partial charge in [-0.15, -0.1) is 10.1 Å². The molecule has 0 amide bonds. The fourth-order valence-corrected chi connectivity index (χ4v) is 0.544. The predicted octanol–water partition coefficient (Wildman–Crippen LogP) is -2.52. The highest BCUT2D eigenvalue weighted by Gasteiger charge is 2.24. The van der Waals surface area contributed by atoms with Crippen LogP contribution in [0.15, 0.2) is 0 Å². The Hall–Kier alpha value is -1.25. The van der Waals surface area contributed by atoms with Gasteiger partial charge in [0.2, 0.25) is 0 Å². The van der Waals surface area contributed by atoms with Crippen LogP contribution in [-0.4, -0.2) is 51.6 Å². The molecule has 8 heteroatoms. The van der Waals surface area contributed by atoms with Crippen LogP contribution in [0, 0.1) is 10.1 Å². The highest BCUT2D eigenvalue weighted by atomic mass is 17.0. The summed E-state index contributed by atoms with van der Waals surface area (Å²) in [5, 5.41) is 34.9. The van der Waals surface area contributed by atoms with Crippen molar-refractivity contribution in [1.82, 2.24) is 0 Å². The molecule has 0 saturated carbocycles. The minimum Gasteiger partial charge on any atom is -0.388 e. The Morgan fingerprint density at radius 1 is 1.46 bits per heavy atom. The Balaban J connectivity index is 3.87. The molecule has 8 nitrogen and oxygen atoms in total. The average molecular weight is 195 g/mol. The van der Waals surface area contributed by atoms with E-state index in [4.69, 9.17) is 15.3 Å². The molecule has 0 aliphatic carbocycles. The van der Waals surface area contributed by atoms with Crippen molar-refractivity contribution in [2.45, 2.75) is 18.3 Å². The highest BCUT2D eigenvalue weighted by molar-refractivity contribution is 5.56. The molecule has 0 aromatic rings. The summed E-state index contributed by atoms with van der Waals surface area (Å²) in [5.41, 5.74) is 0. The number of hydrogen-bond acceptors (Lipinski definition) is 7. The van der Waals surface area contributed by atoms with E-state index >= 15 is 0 Å². The zero-order valence-corrected chi connectivity index (χ0v) is 6.44. The SMILES string of the molecule is O=C[C@H](O)[C@@H](O)[C@@H](O)CO[N+](=O)[O-]. The van der Waals surface area contributed by atoms with Crippen LogP contribution >= 0.6 is 0 Å². The van der Waals surface area contributed by atoms with Crippen LogP contribution in [0.4, 0.5) is 0 Å². The third-order valence-corrected chi connectivity index (χ3v) is 1.23. The molecule has 0 aliphatic heterocycles. The number of aliphatic hydroxyl groups is 3. The van der Waals surface area contributed by atoms with Crippen LogP contribution in [0.3, 0.4) is 0 Å². The lowest BCUT2D eigenvalue weighted by Gasteiger charge is -2.17. The normalized spacial score (nSPS) is 17.2. The summed E-state index contributed by atoms with van der Waals surface area (Å²) in [6.45, 7) is -0.806. The molecule has 0 spiro atoms. The first kappa shape index (κ1) is 11.8. The lowest BCUT2D eigenvalue weighted by atomic mass is 10.1. The molecule has 76 valence electrons. The molecule has 0 heterocycles. The first-order valence-electron chi connectivity index (χ1n) is 3.25. The Morgan fingerprint density at radius 2 is 2.00 bits per heavy atom. The number of hydrogen-bond donors (Lipinski definition) is 3. The van der Waals surface area contributed by atoms with E-state index < -0.39 is 30.0 Å². The van der Waals surface area contributed by atoms with Gasteiger partial charge in [0, 0.05) is 0 Å². The summed E-state index contributed by atoms with van der Waals surface area (Å²) in [5.74, 6) is 0. The molecule has 0 radical (unpaired) electrons. The quantitative estimate of drug-likeness (QED) is 0.242. The molecule has 0 aliphatic rings. The van der Waals surface area contributed by atoms with E-state index in [2.05, 4.69) is 4.84 Å². The van der Waals surface area contributed by atoms with Gasteiger partial charge in [0.25, 0.3) is 5.09 Å². The highest BCUT2D eigenvalue weighted by Crippen LogP contribution is 1.99. The van der Waals surface area contributed by atoms with Crippen LogP contribution in [0.25, 0.3) is 0 Å². The maximum atomic E-state index is 9.89. The first-order chi connectivity index (χ1) is 5.99. The maximum absolute atomic E-state index is 9.89. The number of carbonyl (C=O) groups is 1. The molecule has 3 N–H and O–H groups in total. The van der Waals surface area contributed by atoms with Crippen molar-refractivity contribution in [2.75, 3.05) is 6.61 Å². The van der Waals surface area contributed by atoms with Crippen molar-refractivity contribution >= 4 is 6.29 Å². The molecule has 0 aromatic heterocycles. The second-order valence-electron chi connectivity index (χ2n) is 2.20. The molecule has 0 unspecified atom stereocenters. The third kappa shape index (κ3) is 4.35. The summed E-state index contributed by atoms with van der Waals surface area (Å²) >= 11 is 0.